The molecule has 43 heavy (non-hydrogen) atoms. The van der Waals surface area contributed by atoms with Gasteiger partial charge in [-0.05, 0) is 55.7 Å². The summed E-state index contributed by atoms with van der Waals surface area (Å²) in [6.45, 7) is 21.1. The number of hydrogen-bond acceptors (Lipinski definition) is 7. The Balaban J connectivity index is 0. The smallest absolute Gasteiger partial charge is 0.222 e. The molecule has 0 spiro atoms. The lowest BCUT2D eigenvalue weighted by Crippen LogP contribution is -2.49. The highest BCUT2D eigenvalue weighted by molar-refractivity contribution is 5.76. The van der Waals surface area contributed by atoms with E-state index in [0.29, 0.717) is 30.7 Å². The van der Waals surface area contributed by atoms with Crippen LogP contribution in [0.4, 0.5) is 0 Å². The van der Waals surface area contributed by atoms with Gasteiger partial charge in [-0.1, -0.05) is 79.3 Å². The number of likely N-dealkylation sites (tertiary alicyclic amines) is 1. The average Bonchev–Trinajstić information content (AvgIpc) is 3.40. The fourth-order valence-electron chi connectivity index (χ4n) is 5.76. The molecule has 1 aliphatic rings. The molecule has 9 heteroatoms. The minimum atomic E-state index is -0.542. The number of nitrogens with zero attached hydrogens (tertiary/aromatic N) is 2. The van der Waals surface area contributed by atoms with Crippen LogP contribution in [-0.4, -0.2) is 98.8 Å². The third-order valence-corrected chi connectivity index (χ3v) is 8.62. The van der Waals surface area contributed by atoms with Gasteiger partial charge < -0.3 is 34.9 Å². The summed E-state index contributed by atoms with van der Waals surface area (Å²) in [5.41, 5.74) is 4.99. The van der Waals surface area contributed by atoms with E-state index in [1.54, 1.807) is 31.3 Å². The predicted molar refractivity (Wildman–Crippen MR) is 176 cm³/mol. The van der Waals surface area contributed by atoms with Crippen molar-refractivity contribution in [3.8, 4) is 0 Å². The number of allylic oxidation sites excluding steroid dienone is 2. The van der Waals surface area contributed by atoms with Crippen molar-refractivity contribution >= 4 is 18.6 Å². The number of aliphatic hydroxyl groups is 1. The third-order valence-electron chi connectivity index (χ3n) is 8.62. The van der Waals surface area contributed by atoms with Crippen molar-refractivity contribution in [2.45, 2.75) is 104 Å². The van der Waals surface area contributed by atoms with Crippen LogP contribution in [0.2, 0.25) is 0 Å². The van der Waals surface area contributed by atoms with Crippen molar-refractivity contribution in [1.29, 1.82) is 0 Å². The molecule has 1 fully saturated rings. The Morgan fingerprint density at radius 3 is 2.07 bits per heavy atom. The quantitative estimate of drug-likeness (QED) is 0.182. The summed E-state index contributed by atoms with van der Waals surface area (Å²) in [4.78, 5) is 35.7. The van der Waals surface area contributed by atoms with Gasteiger partial charge in [-0.25, -0.2) is 0 Å². The number of nitrogens with two attached hydrogens (primary N) is 1. The molecular formula is C34H63N3O6. The van der Waals surface area contributed by atoms with Gasteiger partial charge in [0.15, 0.2) is 0 Å². The fraction of sp³-hybridized carbons (Fsp3) is 0.735. The Morgan fingerprint density at radius 1 is 1.12 bits per heavy atom. The van der Waals surface area contributed by atoms with Gasteiger partial charge in [0.25, 0.3) is 0 Å². The Bertz CT molecular complexity index is 833. The van der Waals surface area contributed by atoms with Crippen molar-refractivity contribution in [2.75, 3.05) is 34.9 Å². The Morgan fingerprint density at radius 2 is 1.70 bits per heavy atom. The number of likely N-dealkylation sites (N-methyl/N-ethyl adjacent to an activating group) is 2. The molecule has 8 unspecified atom stereocenters. The van der Waals surface area contributed by atoms with Crippen LogP contribution >= 0.6 is 0 Å². The number of amides is 2. The number of carbonyl (C=O) groups is 3. The zero-order chi connectivity index (χ0) is 33.7. The van der Waals surface area contributed by atoms with Crippen molar-refractivity contribution in [2.24, 2.45) is 29.4 Å². The SMILES string of the molecule is C=C/C=C(\C=C)C(O)C(C)C(C)C(OC)C1CCCN1C.CCC(C)C(C(CC=O)OC)N(C)C(=O)CC(C)C.NC=O. The maximum Gasteiger partial charge on any atom is 0.222 e. The largest absolute Gasteiger partial charge is 0.388 e. The zero-order valence-electron chi connectivity index (χ0n) is 28.7. The van der Waals surface area contributed by atoms with Crippen LogP contribution in [-0.2, 0) is 23.9 Å². The number of aliphatic hydroxyl groups excluding tert-OH is 1. The molecule has 0 aromatic rings. The average molecular weight is 610 g/mol. The minimum Gasteiger partial charge on any atom is -0.388 e. The first-order chi connectivity index (χ1) is 20.3. The highest BCUT2D eigenvalue weighted by Gasteiger charge is 2.37. The Hall–Kier alpha value is -2.33. The van der Waals surface area contributed by atoms with Crippen LogP contribution < -0.4 is 5.73 Å². The van der Waals surface area contributed by atoms with Crippen LogP contribution in [0.5, 0.6) is 0 Å². The number of primary amides is 1. The lowest BCUT2D eigenvalue weighted by Gasteiger charge is -2.37. The minimum absolute atomic E-state index is 0.0496. The van der Waals surface area contributed by atoms with Crippen molar-refractivity contribution < 1.29 is 29.0 Å². The number of methoxy groups -OCH3 is 2. The molecule has 1 heterocycles. The molecule has 0 aromatic heterocycles. The maximum atomic E-state index is 12.2. The molecule has 0 aliphatic carbocycles. The summed E-state index contributed by atoms with van der Waals surface area (Å²) in [5.74, 6) is 1.09. The van der Waals surface area contributed by atoms with E-state index in [1.165, 1.54) is 12.8 Å². The lowest BCUT2D eigenvalue weighted by atomic mass is 9.80. The van der Waals surface area contributed by atoms with E-state index in [1.807, 2.05) is 27.0 Å². The molecule has 0 bridgehead atoms. The van der Waals surface area contributed by atoms with Crippen molar-refractivity contribution in [1.82, 2.24) is 9.80 Å². The summed E-state index contributed by atoms with van der Waals surface area (Å²) in [6, 6.07) is 0.390. The first-order valence-electron chi connectivity index (χ1n) is 15.5. The highest BCUT2D eigenvalue weighted by atomic mass is 16.5. The molecule has 1 rings (SSSR count). The van der Waals surface area contributed by atoms with E-state index in [-0.39, 0.29) is 42.4 Å². The molecule has 1 saturated heterocycles. The highest BCUT2D eigenvalue weighted by Crippen LogP contribution is 2.31. The molecule has 0 saturated carbocycles. The number of hydrogen-bond donors (Lipinski definition) is 2. The first-order valence-corrected chi connectivity index (χ1v) is 15.5. The van der Waals surface area contributed by atoms with Crippen LogP contribution in [0.3, 0.4) is 0 Å². The van der Waals surface area contributed by atoms with E-state index in [0.717, 1.165) is 24.8 Å². The first kappa shape index (κ1) is 42.8. The van der Waals surface area contributed by atoms with Crippen LogP contribution in [0.1, 0.15) is 73.6 Å². The molecule has 0 radical (unpaired) electrons. The van der Waals surface area contributed by atoms with Gasteiger partial charge in [-0.15, -0.1) is 0 Å². The van der Waals surface area contributed by atoms with Crippen LogP contribution in [0.15, 0.2) is 37.0 Å². The fourth-order valence-corrected chi connectivity index (χ4v) is 5.76. The molecule has 3 N–H and O–H groups in total. The second-order valence-electron chi connectivity index (χ2n) is 12.0. The normalized spacial score (nSPS) is 20.1. The van der Waals surface area contributed by atoms with E-state index < -0.39 is 6.10 Å². The molecule has 1 aliphatic heterocycles. The van der Waals surface area contributed by atoms with E-state index >= 15 is 0 Å². The number of ether oxygens (including phenoxy) is 2. The Kier molecular flexibility index (Phi) is 23.9. The van der Waals surface area contributed by atoms with Gasteiger partial charge in [0, 0.05) is 40.2 Å². The van der Waals surface area contributed by atoms with Gasteiger partial charge in [0.1, 0.15) is 6.29 Å². The summed E-state index contributed by atoms with van der Waals surface area (Å²) in [6.07, 6.45) is 9.89. The summed E-state index contributed by atoms with van der Waals surface area (Å²) in [5, 5.41) is 10.6. The van der Waals surface area contributed by atoms with Crippen molar-refractivity contribution in [3.05, 3.63) is 37.0 Å². The molecule has 2 amide bonds. The van der Waals surface area contributed by atoms with E-state index in [9.17, 15) is 14.7 Å². The lowest BCUT2D eigenvalue weighted by molar-refractivity contribution is -0.138. The van der Waals surface area contributed by atoms with E-state index in [2.05, 4.69) is 58.5 Å². The maximum absolute atomic E-state index is 12.2. The van der Waals surface area contributed by atoms with E-state index in [4.69, 9.17) is 14.3 Å². The zero-order valence-corrected chi connectivity index (χ0v) is 28.7. The van der Waals surface area contributed by atoms with Gasteiger partial charge in [-0.2, -0.15) is 0 Å². The summed E-state index contributed by atoms with van der Waals surface area (Å²) in [7, 11) is 7.35. The van der Waals surface area contributed by atoms with Crippen LogP contribution in [0, 0.1) is 23.7 Å². The molecular weight excluding hydrogens is 546 g/mol. The van der Waals surface area contributed by atoms with Gasteiger partial charge in [0.2, 0.25) is 12.3 Å². The van der Waals surface area contributed by atoms with Gasteiger partial charge in [0.05, 0.1) is 24.4 Å². The second kappa shape index (κ2) is 24.0. The third kappa shape index (κ3) is 14.8. The summed E-state index contributed by atoms with van der Waals surface area (Å²) < 4.78 is 11.2. The van der Waals surface area contributed by atoms with Gasteiger partial charge >= 0.3 is 0 Å². The second-order valence-corrected chi connectivity index (χ2v) is 12.0. The Labute approximate surface area is 262 Å². The van der Waals surface area contributed by atoms with Crippen LogP contribution in [0.25, 0.3) is 0 Å². The predicted octanol–water partition coefficient (Wildman–Crippen LogP) is 4.64. The number of aldehydes is 1. The molecule has 8 atom stereocenters. The standard InChI is InChI=1S/C18H31NO2.C15H29NO3.CH3NO/c1-7-10-15(8-2)17(20)13(3)14(4)18(21-6)16-11-9-12-19(16)5;1-7-12(4)15(13(19-6)8-9-17)16(5)14(18)10-11(2)3;2-1-3/h7-8,10,13-14,16-18,20H,1-2,9,11-12H2,3-6H3;9,11-13,15H,7-8,10H2,1-6H3;1H,(H2,2,3)/b15-10+;;. The number of rotatable bonds is 17. The molecule has 0 aromatic carbocycles. The number of carbonyl (C=O) groups excluding carboxylic acids is 3. The van der Waals surface area contributed by atoms with Crippen molar-refractivity contribution in [3.63, 3.8) is 0 Å². The van der Waals surface area contributed by atoms with Gasteiger partial charge in [-0.3, -0.25) is 9.59 Å². The topological polar surface area (TPSA) is 122 Å². The molecule has 9 nitrogen and oxygen atoms in total. The molecule has 250 valence electrons. The monoisotopic (exact) mass is 609 g/mol. The summed E-state index contributed by atoms with van der Waals surface area (Å²) >= 11 is 0.